The van der Waals surface area contributed by atoms with Crippen LogP contribution < -0.4 is 74.0 Å². The molecule has 0 aliphatic heterocycles. The van der Waals surface area contributed by atoms with Gasteiger partial charge in [-0.1, -0.05) is 0 Å². The number of hydrogen-bond acceptors (Lipinski definition) is 3. The van der Waals surface area contributed by atoms with Crippen molar-refractivity contribution in [3.05, 3.63) is 0 Å². The van der Waals surface area contributed by atoms with Crippen molar-refractivity contribution < 1.29 is 89.0 Å². The summed E-state index contributed by atoms with van der Waals surface area (Å²) < 4.78 is 0. The minimum absolute atomic E-state index is 0. The quantitative estimate of drug-likeness (QED) is 0.436. The molecule has 0 fully saturated rings. The molecular formula is C2H5CsO4. The molecule has 0 atom stereocenters. The van der Waals surface area contributed by atoms with Crippen LogP contribution in [0.2, 0.25) is 0 Å². The number of aliphatic hydroxyl groups excluding tert-OH is 1. The summed E-state index contributed by atoms with van der Waals surface area (Å²) in [5.74, 6) is 0. The molecule has 0 rings (SSSR count). The maximum absolute atomic E-state index is 8.44. The molecule has 0 radical (unpaired) electrons. The summed E-state index contributed by atoms with van der Waals surface area (Å²) in [7, 11) is 1.00. The van der Waals surface area contributed by atoms with Gasteiger partial charge in [-0.25, -0.2) is 0 Å². The second-order valence-electron chi connectivity index (χ2n) is 0.266. The van der Waals surface area contributed by atoms with Crippen LogP contribution in [0.1, 0.15) is 0 Å². The van der Waals surface area contributed by atoms with Crippen LogP contribution in [0.5, 0.6) is 0 Å². The Morgan fingerprint density at radius 1 is 1.57 bits per heavy atom. The fraction of sp³-hybridized carbons (Fsp3) is 0.500. The van der Waals surface area contributed by atoms with Crippen molar-refractivity contribution >= 4 is 6.16 Å². The van der Waals surface area contributed by atoms with E-state index < -0.39 is 6.16 Å². The van der Waals surface area contributed by atoms with Crippen molar-refractivity contribution in [1.82, 2.24) is 0 Å². The van der Waals surface area contributed by atoms with E-state index in [9.17, 15) is 0 Å². The van der Waals surface area contributed by atoms with Crippen LogP contribution in [-0.4, -0.2) is 23.5 Å². The summed E-state index contributed by atoms with van der Waals surface area (Å²) in [6, 6.07) is 0. The molecule has 0 spiro atoms. The van der Waals surface area contributed by atoms with Gasteiger partial charge in [0.05, 0.1) is 0 Å². The molecule has 0 aromatic heterocycles. The first kappa shape index (κ1) is 15.7. The summed E-state index contributed by atoms with van der Waals surface area (Å²) >= 11 is 0. The van der Waals surface area contributed by atoms with Crippen LogP contribution in [-0.2, 0) is 0 Å². The Morgan fingerprint density at radius 2 is 1.57 bits per heavy atom. The Balaban J connectivity index is -0.0000000480. The van der Waals surface area contributed by atoms with Gasteiger partial charge in [0.2, 0.25) is 6.16 Å². The molecule has 0 saturated carbocycles. The molecule has 0 unspecified atom stereocenters. The monoisotopic (exact) mass is 226 g/mol. The first-order valence-corrected chi connectivity index (χ1v) is 1.08. The standard InChI is InChI=1S/CH2O3.CH4O.Cs/c2-1(3)4;1-2;/h(H2,2,3,4);2H,1H3;/q;;+1/p-1. The van der Waals surface area contributed by atoms with Gasteiger partial charge in [-0.15, -0.1) is 0 Å². The SMILES string of the molecule is CO.O=C([O-])O.[Cs+]. The van der Waals surface area contributed by atoms with E-state index in [2.05, 4.69) is 0 Å². The second-order valence-corrected chi connectivity index (χ2v) is 0.266. The average molecular weight is 226 g/mol. The maximum Gasteiger partial charge on any atom is 1.00 e. The average Bonchev–Trinajstić information content (AvgIpc) is 1.41. The summed E-state index contributed by atoms with van der Waals surface area (Å²) in [5, 5.41) is 22.3. The Kier molecular flexibility index (Phi) is 35.2. The van der Waals surface area contributed by atoms with E-state index in [0.717, 1.165) is 7.11 Å². The fourth-order valence-corrected chi connectivity index (χ4v) is 0. The first-order chi connectivity index (χ1) is 2.73. The third-order valence-electron chi connectivity index (χ3n) is 0. The van der Waals surface area contributed by atoms with Gasteiger partial charge in [0, 0.05) is 7.11 Å². The van der Waals surface area contributed by atoms with E-state index in [-0.39, 0.29) is 68.9 Å². The van der Waals surface area contributed by atoms with Gasteiger partial charge >= 0.3 is 68.9 Å². The third-order valence-corrected chi connectivity index (χ3v) is 0. The van der Waals surface area contributed by atoms with Gasteiger partial charge in [0.1, 0.15) is 0 Å². The van der Waals surface area contributed by atoms with Gasteiger partial charge in [-0.3, -0.25) is 0 Å². The predicted octanol–water partition coefficient (Wildman–Crippen LogP) is -4.50. The summed E-state index contributed by atoms with van der Waals surface area (Å²) in [5.41, 5.74) is 0. The molecule has 7 heavy (non-hydrogen) atoms. The van der Waals surface area contributed by atoms with E-state index in [0.29, 0.717) is 0 Å². The van der Waals surface area contributed by atoms with Crippen LogP contribution in [0, 0.1) is 0 Å². The van der Waals surface area contributed by atoms with Gasteiger partial charge in [0.15, 0.2) is 0 Å². The molecular weight excluding hydrogens is 221 g/mol. The summed E-state index contributed by atoms with van der Waals surface area (Å²) in [6.07, 6.45) is -2.08. The van der Waals surface area contributed by atoms with Crippen molar-refractivity contribution in [3.8, 4) is 0 Å². The van der Waals surface area contributed by atoms with Crippen LogP contribution in [0.25, 0.3) is 0 Å². The largest absolute Gasteiger partial charge is 1.00 e. The Labute approximate surface area is 100.0 Å². The van der Waals surface area contributed by atoms with E-state index in [1.165, 1.54) is 0 Å². The molecule has 0 heterocycles. The van der Waals surface area contributed by atoms with E-state index >= 15 is 0 Å². The van der Waals surface area contributed by atoms with Crippen molar-refractivity contribution in [2.24, 2.45) is 0 Å². The molecule has 4 nitrogen and oxygen atoms in total. The second kappa shape index (κ2) is 15.7. The zero-order valence-corrected chi connectivity index (χ0v) is 10.5. The normalized spacial score (nSPS) is 4.29. The fourth-order valence-electron chi connectivity index (χ4n) is 0. The molecule has 0 bridgehead atoms. The molecule has 0 amide bonds. The molecule has 0 saturated heterocycles. The molecule has 38 valence electrons. The van der Waals surface area contributed by atoms with Crippen molar-refractivity contribution in [3.63, 3.8) is 0 Å². The van der Waals surface area contributed by atoms with Crippen LogP contribution >= 0.6 is 0 Å². The van der Waals surface area contributed by atoms with Crippen LogP contribution in [0.3, 0.4) is 0 Å². The van der Waals surface area contributed by atoms with Crippen molar-refractivity contribution in [2.45, 2.75) is 0 Å². The molecule has 0 aromatic rings. The van der Waals surface area contributed by atoms with Crippen molar-refractivity contribution in [1.29, 1.82) is 0 Å². The minimum atomic E-state index is -2.08. The van der Waals surface area contributed by atoms with Crippen molar-refractivity contribution in [2.75, 3.05) is 7.11 Å². The summed E-state index contributed by atoms with van der Waals surface area (Å²) in [6.45, 7) is 0. The first-order valence-electron chi connectivity index (χ1n) is 1.08. The Hall–Kier alpha value is 1.28. The van der Waals surface area contributed by atoms with Gasteiger partial charge < -0.3 is 20.1 Å². The Bertz CT molecular complexity index is 32.7. The number of rotatable bonds is 0. The number of aliphatic hydroxyl groups is 1. The third kappa shape index (κ3) is 124. The number of carboxylic acid groups (broad SMARTS) is 2. The zero-order chi connectivity index (χ0) is 5.58. The van der Waals surface area contributed by atoms with Gasteiger partial charge in [-0.05, 0) is 0 Å². The van der Waals surface area contributed by atoms with E-state index in [1.807, 2.05) is 0 Å². The molecule has 0 aromatic carbocycles. The zero-order valence-electron chi connectivity index (χ0n) is 4.21. The topological polar surface area (TPSA) is 80.6 Å². The van der Waals surface area contributed by atoms with Gasteiger partial charge in [-0.2, -0.15) is 0 Å². The maximum atomic E-state index is 8.44. The van der Waals surface area contributed by atoms with Gasteiger partial charge in [0.25, 0.3) is 0 Å². The molecule has 0 aliphatic rings. The van der Waals surface area contributed by atoms with Crippen LogP contribution in [0.15, 0.2) is 0 Å². The molecule has 5 heteroatoms. The molecule has 0 aliphatic carbocycles. The van der Waals surface area contributed by atoms with Crippen LogP contribution in [0.4, 0.5) is 4.79 Å². The summed E-state index contributed by atoms with van der Waals surface area (Å²) in [4.78, 5) is 8.44. The molecule has 2 N–H and O–H groups in total. The number of hydrogen-bond donors (Lipinski definition) is 2. The van der Waals surface area contributed by atoms with E-state index in [1.54, 1.807) is 0 Å². The number of carbonyl (C=O) groups is 1. The minimum Gasteiger partial charge on any atom is -0.565 e. The Morgan fingerprint density at radius 3 is 1.57 bits per heavy atom. The van der Waals surface area contributed by atoms with E-state index in [4.69, 9.17) is 20.1 Å². The smallest absolute Gasteiger partial charge is 0.565 e. The predicted molar refractivity (Wildman–Crippen MR) is 16.2 cm³/mol.